The van der Waals surface area contributed by atoms with E-state index in [2.05, 4.69) is 47.3 Å². The van der Waals surface area contributed by atoms with Gasteiger partial charge in [-0.15, -0.1) is 0 Å². The maximum atomic E-state index is 3.65. The van der Waals surface area contributed by atoms with E-state index in [4.69, 9.17) is 0 Å². The third-order valence-corrected chi connectivity index (χ3v) is 4.85. The molecule has 3 rings (SSSR count). The van der Waals surface area contributed by atoms with Crippen LogP contribution in [-0.2, 0) is 13.0 Å². The lowest BCUT2D eigenvalue weighted by atomic mass is 10.1. The standard InChI is InChI=1S/C17H27N3/c1-3-20-9-6-15(13-20)12-18-11-14-4-5-17-16(10-14)7-8-19(17)2/h4-5,10,15,18H,3,6-9,11-13H2,1-2H3. The molecule has 3 heteroatoms. The second-order valence-electron chi connectivity index (χ2n) is 6.31. The molecule has 0 aromatic heterocycles. The zero-order valence-corrected chi connectivity index (χ0v) is 12.9. The van der Waals surface area contributed by atoms with Crippen LogP contribution in [0.2, 0.25) is 0 Å². The first kappa shape index (κ1) is 13.9. The van der Waals surface area contributed by atoms with Gasteiger partial charge in [0, 0.05) is 32.4 Å². The summed E-state index contributed by atoms with van der Waals surface area (Å²) in [5.41, 5.74) is 4.37. The number of rotatable bonds is 5. The first-order chi connectivity index (χ1) is 9.76. The van der Waals surface area contributed by atoms with Crippen molar-refractivity contribution in [3.63, 3.8) is 0 Å². The molecule has 0 aliphatic carbocycles. The summed E-state index contributed by atoms with van der Waals surface area (Å²) < 4.78 is 0. The molecule has 0 spiro atoms. The Morgan fingerprint density at radius 2 is 2.20 bits per heavy atom. The van der Waals surface area contributed by atoms with E-state index in [1.54, 1.807) is 0 Å². The molecule has 2 aliphatic heterocycles. The molecule has 20 heavy (non-hydrogen) atoms. The van der Waals surface area contributed by atoms with Gasteiger partial charge in [-0.05, 0) is 55.6 Å². The predicted octanol–water partition coefficient (Wildman–Crippen LogP) is 2.11. The van der Waals surface area contributed by atoms with E-state index in [0.717, 1.165) is 19.0 Å². The Bertz CT molecular complexity index is 458. The second-order valence-corrected chi connectivity index (χ2v) is 6.31. The smallest absolute Gasteiger partial charge is 0.0397 e. The molecular formula is C17H27N3. The van der Waals surface area contributed by atoms with Crippen molar-refractivity contribution < 1.29 is 0 Å². The molecule has 0 radical (unpaired) electrons. The normalized spacial score (nSPS) is 22.5. The molecule has 0 amide bonds. The summed E-state index contributed by atoms with van der Waals surface area (Å²) >= 11 is 0. The lowest BCUT2D eigenvalue weighted by molar-refractivity contribution is 0.339. The Balaban J connectivity index is 1.47. The molecule has 1 unspecified atom stereocenters. The van der Waals surface area contributed by atoms with Gasteiger partial charge in [-0.2, -0.15) is 0 Å². The molecule has 1 aromatic rings. The average Bonchev–Trinajstić information content (AvgIpc) is 3.06. The summed E-state index contributed by atoms with van der Waals surface area (Å²) in [6, 6.07) is 6.95. The molecule has 2 heterocycles. The Hall–Kier alpha value is -1.06. The van der Waals surface area contributed by atoms with Crippen LogP contribution in [0.1, 0.15) is 24.5 Å². The van der Waals surface area contributed by atoms with Gasteiger partial charge in [-0.3, -0.25) is 0 Å². The highest BCUT2D eigenvalue weighted by atomic mass is 15.1. The Morgan fingerprint density at radius 3 is 3.00 bits per heavy atom. The van der Waals surface area contributed by atoms with Gasteiger partial charge in [0.15, 0.2) is 0 Å². The van der Waals surface area contributed by atoms with Crippen LogP contribution in [0.25, 0.3) is 0 Å². The Kier molecular flexibility index (Phi) is 4.27. The number of nitrogens with one attached hydrogen (secondary N) is 1. The lowest BCUT2D eigenvalue weighted by Crippen LogP contribution is -2.26. The highest BCUT2D eigenvalue weighted by molar-refractivity contribution is 5.58. The summed E-state index contributed by atoms with van der Waals surface area (Å²) in [6.45, 7) is 9.37. The molecule has 1 N–H and O–H groups in total. The number of likely N-dealkylation sites (tertiary alicyclic amines) is 1. The maximum Gasteiger partial charge on any atom is 0.0397 e. The largest absolute Gasteiger partial charge is 0.374 e. The van der Waals surface area contributed by atoms with Crippen LogP contribution in [-0.4, -0.2) is 44.7 Å². The first-order valence-corrected chi connectivity index (χ1v) is 8.02. The average molecular weight is 273 g/mol. The molecule has 2 aliphatic rings. The minimum absolute atomic E-state index is 0.843. The fourth-order valence-corrected chi connectivity index (χ4v) is 3.52. The molecule has 0 saturated carbocycles. The van der Waals surface area contributed by atoms with Crippen LogP contribution in [0, 0.1) is 5.92 Å². The minimum atomic E-state index is 0.843. The summed E-state index contributed by atoms with van der Waals surface area (Å²) in [5, 5.41) is 3.65. The van der Waals surface area contributed by atoms with Gasteiger partial charge in [-0.25, -0.2) is 0 Å². The summed E-state index contributed by atoms with van der Waals surface area (Å²) in [6.07, 6.45) is 2.56. The van der Waals surface area contributed by atoms with E-state index < -0.39 is 0 Å². The number of hydrogen-bond donors (Lipinski definition) is 1. The van der Waals surface area contributed by atoms with Crippen LogP contribution in [0.4, 0.5) is 5.69 Å². The minimum Gasteiger partial charge on any atom is -0.374 e. The molecular weight excluding hydrogens is 246 g/mol. The van der Waals surface area contributed by atoms with Crippen LogP contribution >= 0.6 is 0 Å². The number of anilines is 1. The quantitative estimate of drug-likeness (QED) is 0.886. The lowest BCUT2D eigenvalue weighted by Gasteiger charge is -2.14. The van der Waals surface area contributed by atoms with Crippen molar-refractivity contribution in [2.75, 3.05) is 44.7 Å². The van der Waals surface area contributed by atoms with E-state index in [9.17, 15) is 0 Å². The van der Waals surface area contributed by atoms with Gasteiger partial charge in [0.05, 0.1) is 0 Å². The van der Waals surface area contributed by atoms with Gasteiger partial charge >= 0.3 is 0 Å². The number of fused-ring (bicyclic) bond motifs is 1. The van der Waals surface area contributed by atoms with Gasteiger partial charge < -0.3 is 15.1 Å². The van der Waals surface area contributed by atoms with E-state index in [1.807, 2.05) is 0 Å². The van der Waals surface area contributed by atoms with Crippen LogP contribution in [0.15, 0.2) is 18.2 Å². The van der Waals surface area contributed by atoms with Crippen LogP contribution < -0.4 is 10.2 Å². The van der Waals surface area contributed by atoms with Gasteiger partial charge in [0.25, 0.3) is 0 Å². The van der Waals surface area contributed by atoms with Crippen LogP contribution in [0.3, 0.4) is 0 Å². The molecule has 1 saturated heterocycles. The Morgan fingerprint density at radius 1 is 1.30 bits per heavy atom. The van der Waals surface area contributed by atoms with Gasteiger partial charge in [0.2, 0.25) is 0 Å². The van der Waals surface area contributed by atoms with Crippen molar-refractivity contribution in [2.45, 2.75) is 26.3 Å². The summed E-state index contributed by atoms with van der Waals surface area (Å²) in [7, 11) is 2.18. The van der Waals surface area contributed by atoms with Crippen molar-refractivity contribution in [1.29, 1.82) is 0 Å². The highest BCUT2D eigenvalue weighted by Crippen LogP contribution is 2.27. The number of likely N-dealkylation sites (N-methyl/N-ethyl adjacent to an activating group) is 1. The predicted molar refractivity (Wildman–Crippen MR) is 85.3 cm³/mol. The number of hydrogen-bond acceptors (Lipinski definition) is 3. The van der Waals surface area contributed by atoms with Crippen molar-refractivity contribution in [1.82, 2.24) is 10.2 Å². The maximum absolute atomic E-state index is 3.65. The van der Waals surface area contributed by atoms with Gasteiger partial charge in [0.1, 0.15) is 0 Å². The third-order valence-electron chi connectivity index (χ3n) is 4.85. The number of benzene rings is 1. The van der Waals surface area contributed by atoms with Crippen molar-refractivity contribution in [3.05, 3.63) is 29.3 Å². The molecule has 1 fully saturated rings. The fourth-order valence-electron chi connectivity index (χ4n) is 3.52. The molecule has 1 atom stereocenters. The highest BCUT2D eigenvalue weighted by Gasteiger charge is 2.20. The molecule has 110 valence electrons. The van der Waals surface area contributed by atoms with E-state index in [0.29, 0.717) is 0 Å². The van der Waals surface area contributed by atoms with Gasteiger partial charge in [-0.1, -0.05) is 19.1 Å². The van der Waals surface area contributed by atoms with Crippen molar-refractivity contribution in [2.24, 2.45) is 5.92 Å². The van der Waals surface area contributed by atoms with Crippen LogP contribution in [0.5, 0.6) is 0 Å². The second kappa shape index (κ2) is 6.15. The molecule has 3 nitrogen and oxygen atoms in total. The fraction of sp³-hybridized carbons (Fsp3) is 0.647. The molecule has 1 aromatic carbocycles. The van der Waals surface area contributed by atoms with E-state index >= 15 is 0 Å². The molecule has 0 bridgehead atoms. The summed E-state index contributed by atoms with van der Waals surface area (Å²) in [4.78, 5) is 4.90. The first-order valence-electron chi connectivity index (χ1n) is 8.02. The van der Waals surface area contributed by atoms with Crippen molar-refractivity contribution in [3.8, 4) is 0 Å². The van der Waals surface area contributed by atoms with Crippen molar-refractivity contribution >= 4 is 5.69 Å². The SMILES string of the molecule is CCN1CCC(CNCc2ccc3c(c2)CCN3C)C1. The van der Waals surface area contributed by atoms with E-state index in [1.165, 1.54) is 55.8 Å². The zero-order valence-electron chi connectivity index (χ0n) is 12.9. The zero-order chi connectivity index (χ0) is 13.9. The summed E-state index contributed by atoms with van der Waals surface area (Å²) in [5.74, 6) is 0.843. The monoisotopic (exact) mass is 273 g/mol. The third kappa shape index (κ3) is 2.99. The number of nitrogens with zero attached hydrogens (tertiary/aromatic N) is 2. The Labute approximate surface area is 123 Å². The topological polar surface area (TPSA) is 18.5 Å². The van der Waals surface area contributed by atoms with E-state index in [-0.39, 0.29) is 0 Å².